The number of ether oxygens (including phenoxy) is 1. The number of aromatic hydroxyl groups is 1. The van der Waals surface area contributed by atoms with E-state index in [2.05, 4.69) is 0 Å². The maximum atomic E-state index is 12.4. The van der Waals surface area contributed by atoms with Gasteiger partial charge < -0.3 is 9.84 Å². The number of hydrogen-bond donors (Lipinski definition) is 1. The Hall–Kier alpha value is -1.59. The predicted molar refractivity (Wildman–Crippen MR) is 145 cm³/mol. The van der Waals surface area contributed by atoms with E-state index in [0.29, 0.717) is 63.5 Å². The van der Waals surface area contributed by atoms with E-state index in [1.807, 2.05) is 12.2 Å². The Morgan fingerprint density at radius 1 is 0.806 bits per heavy atom. The molecular formula is C25H40O8S3. The minimum absolute atomic E-state index is 0.165. The second-order valence-corrected chi connectivity index (χ2v) is 17.2. The van der Waals surface area contributed by atoms with E-state index in [4.69, 9.17) is 4.74 Å². The van der Waals surface area contributed by atoms with E-state index in [1.54, 1.807) is 25.1 Å². The van der Waals surface area contributed by atoms with Crippen molar-refractivity contribution in [2.75, 3.05) is 18.8 Å². The van der Waals surface area contributed by atoms with E-state index in [9.17, 15) is 30.4 Å². The van der Waals surface area contributed by atoms with Gasteiger partial charge in [-0.3, -0.25) is 0 Å². The van der Waals surface area contributed by atoms with Crippen molar-refractivity contribution in [2.24, 2.45) is 0 Å². The first-order valence-electron chi connectivity index (χ1n) is 12.3. The molecule has 0 fully saturated rings. The zero-order chi connectivity index (χ0) is 27.1. The molecular weight excluding hydrogens is 524 g/mol. The second kappa shape index (κ2) is 12.8. The van der Waals surface area contributed by atoms with Crippen LogP contribution in [0.2, 0.25) is 0 Å². The van der Waals surface area contributed by atoms with Gasteiger partial charge >= 0.3 is 0 Å². The van der Waals surface area contributed by atoms with Crippen molar-refractivity contribution < 1.29 is 35.1 Å². The van der Waals surface area contributed by atoms with Crippen LogP contribution in [0.1, 0.15) is 70.3 Å². The van der Waals surface area contributed by atoms with Crippen molar-refractivity contribution >= 4 is 35.6 Å². The fourth-order valence-corrected chi connectivity index (χ4v) is 7.43. The van der Waals surface area contributed by atoms with Gasteiger partial charge in [0, 0.05) is 24.3 Å². The normalized spacial score (nSPS) is 18.7. The number of phenols is 1. The van der Waals surface area contributed by atoms with Gasteiger partial charge in [0.2, 0.25) is 0 Å². The molecule has 1 aliphatic heterocycles. The van der Waals surface area contributed by atoms with Gasteiger partial charge in [-0.2, -0.15) is 0 Å². The average Bonchev–Trinajstić information content (AvgIpc) is 2.74. The molecule has 0 amide bonds. The van der Waals surface area contributed by atoms with Crippen LogP contribution in [-0.4, -0.2) is 71.0 Å². The largest absolute Gasteiger partial charge is 0.508 e. The molecule has 0 saturated carbocycles. The summed E-state index contributed by atoms with van der Waals surface area (Å²) < 4.78 is 78.4. The number of benzene rings is 1. The monoisotopic (exact) mass is 564 g/mol. The molecule has 4 unspecified atom stereocenters. The topological polar surface area (TPSA) is 132 Å². The highest BCUT2D eigenvalue weighted by atomic mass is 32.2. The summed E-state index contributed by atoms with van der Waals surface area (Å²) in [6.45, 7) is 1.62. The van der Waals surface area contributed by atoms with E-state index in [1.165, 1.54) is 18.8 Å². The molecule has 1 heterocycles. The molecule has 0 aromatic heterocycles. The fourth-order valence-electron chi connectivity index (χ4n) is 4.45. The molecule has 206 valence electrons. The quantitative estimate of drug-likeness (QED) is 0.339. The van der Waals surface area contributed by atoms with Gasteiger partial charge in [-0.1, -0.05) is 18.9 Å². The van der Waals surface area contributed by atoms with Crippen molar-refractivity contribution in [3.63, 3.8) is 0 Å². The number of fused-ring (bicyclic) bond motifs is 1. The van der Waals surface area contributed by atoms with Crippen molar-refractivity contribution in [2.45, 2.75) is 86.6 Å². The summed E-state index contributed by atoms with van der Waals surface area (Å²) in [5.74, 6) is 0.843. The Bertz CT molecular complexity index is 1220. The maximum Gasteiger partial charge on any atom is 0.150 e. The molecule has 0 bridgehead atoms. The van der Waals surface area contributed by atoms with Crippen molar-refractivity contribution in [3.05, 3.63) is 29.8 Å². The summed E-state index contributed by atoms with van der Waals surface area (Å²) in [5, 5.41) is 7.89. The predicted octanol–water partition coefficient (Wildman–Crippen LogP) is 3.94. The molecule has 1 aromatic carbocycles. The Kier molecular flexibility index (Phi) is 10.9. The molecule has 0 spiro atoms. The molecule has 1 N–H and O–H groups in total. The summed E-state index contributed by atoms with van der Waals surface area (Å²) in [6, 6.07) is 4.89. The van der Waals surface area contributed by atoms with Gasteiger partial charge in [0.1, 0.15) is 47.1 Å². The Labute approximate surface area is 216 Å². The van der Waals surface area contributed by atoms with Crippen LogP contribution >= 0.6 is 0 Å². The zero-order valence-corrected chi connectivity index (χ0v) is 24.0. The highest BCUT2D eigenvalue weighted by Crippen LogP contribution is 2.31. The molecule has 1 aliphatic rings. The van der Waals surface area contributed by atoms with Gasteiger partial charge in [-0.25, -0.2) is 25.3 Å². The third kappa shape index (κ3) is 10.0. The zero-order valence-electron chi connectivity index (χ0n) is 21.6. The number of phenolic OH excluding ortho intramolecular Hbond substituents is 1. The van der Waals surface area contributed by atoms with Crippen LogP contribution in [0.5, 0.6) is 11.5 Å². The van der Waals surface area contributed by atoms with Crippen LogP contribution in [0.4, 0.5) is 0 Å². The summed E-state index contributed by atoms with van der Waals surface area (Å²) in [5.41, 5.74) is 0.798. The number of sulfone groups is 3. The first-order valence-corrected chi connectivity index (χ1v) is 18.2. The standard InChI is InChI=1S/C25H40O8S3/c1-19(34(2,27)28)8-5-10-23(35(3,29)30)12-7-13-24(36(4,31)32)11-6-9-22-16-14-20-18-21(26)15-17-25(20)33-22/h14-19,22-24,26H,5-13H2,1-4H3. The van der Waals surface area contributed by atoms with Gasteiger partial charge in [0.05, 0.1) is 15.7 Å². The number of rotatable bonds is 15. The van der Waals surface area contributed by atoms with Gasteiger partial charge in [0.15, 0.2) is 0 Å². The Balaban J connectivity index is 1.85. The molecule has 0 aliphatic carbocycles. The van der Waals surface area contributed by atoms with E-state index >= 15 is 0 Å². The van der Waals surface area contributed by atoms with Crippen LogP contribution in [0, 0.1) is 0 Å². The SMILES string of the molecule is CC(CCCC(CCCC(CCCC1C=Cc2cc(O)ccc2O1)S(C)(=O)=O)S(C)(=O)=O)S(C)(=O)=O. The highest BCUT2D eigenvalue weighted by Gasteiger charge is 2.25. The molecule has 1 aromatic rings. The van der Waals surface area contributed by atoms with E-state index in [0.717, 1.165) is 5.56 Å². The van der Waals surface area contributed by atoms with Crippen LogP contribution in [0.15, 0.2) is 24.3 Å². The maximum absolute atomic E-state index is 12.4. The molecule has 36 heavy (non-hydrogen) atoms. The summed E-state index contributed by atoms with van der Waals surface area (Å²) >= 11 is 0. The molecule has 0 radical (unpaired) electrons. The molecule has 2 rings (SSSR count). The van der Waals surface area contributed by atoms with Crippen LogP contribution in [-0.2, 0) is 29.5 Å². The lowest BCUT2D eigenvalue weighted by Gasteiger charge is -2.23. The first-order chi connectivity index (χ1) is 16.6. The lowest BCUT2D eigenvalue weighted by Crippen LogP contribution is -2.24. The Morgan fingerprint density at radius 3 is 1.86 bits per heavy atom. The van der Waals surface area contributed by atoms with Gasteiger partial charge in [0.25, 0.3) is 0 Å². The van der Waals surface area contributed by atoms with E-state index < -0.39 is 45.3 Å². The van der Waals surface area contributed by atoms with Crippen molar-refractivity contribution in [1.82, 2.24) is 0 Å². The van der Waals surface area contributed by atoms with Gasteiger partial charge in [-0.15, -0.1) is 0 Å². The van der Waals surface area contributed by atoms with Crippen LogP contribution < -0.4 is 4.74 Å². The third-order valence-electron chi connectivity index (χ3n) is 6.91. The molecule has 11 heteroatoms. The average molecular weight is 565 g/mol. The lowest BCUT2D eigenvalue weighted by molar-refractivity contribution is 0.230. The smallest absolute Gasteiger partial charge is 0.150 e. The fraction of sp³-hybridized carbons (Fsp3) is 0.680. The minimum Gasteiger partial charge on any atom is -0.508 e. The molecule has 4 atom stereocenters. The van der Waals surface area contributed by atoms with Gasteiger partial charge in [-0.05, 0) is 76.1 Å². The molecule has 8 nitrogen and oxygen atoms in total. The highest BCUT2D eigenvalue weighted by molar-refractivity contribution is 7.91. The summed E-state index contributed by atoms with van der Waals surface area (Å²) in [6.07, 6.45) is 11.4. The second-order valence-electron chi connectivity index (χ2n) is 10.1. The minimum atomic E-state index is -3.33. The Morgan fingerprint density at radius 2 is 1.33 bits per heavy atom. The van der Waals surface area contributed by atoms with Crippen molar-refractivity contribution in [1.29, 1.82) is 0 Å². The van der Waals surface area contributed by atoms with Crippen molar-refractivity contribution in [3.8, 4) is 11.5 Å². The summed E-state index contributed by atoms with van der Waals surface area (Å²) in [4.78, 5) is 0. The number of hydrogen-bond acceptors (Lipinski definition) is 8. The van der Waals surface area contributed by atoms with Crippen LogP contribution in [0.25, 0.3) is 6.08 Å². The summed E-state index contributed by atoms with van der Waals surface area (Å²) in [7, 11) is -9.78. The molecule has 0 saturated heterocycles. The first kappa shape index (κ1) is 30.6. The lowest BCUT2D eigenvalue weighted by atomic mass is 10.0. The van der Waals surface area contributed by atoms with E-state index in [-0.39, 0.29) is 11.9 Å². The van der Waals surface area contributed by atoms with Crippen LogP contribution in [0.3, 0.4) is 0 Å². The third-order valence-corrected chi connectivity index (χ3v) is 12.0.